The third kappa shape index (κ3) is 3.08. The molecule has 0 radical (unpaired) electrons. The third-order valence-electron chi connectivity index (χ3n) is 3.86. The van der Waals surface area contributed by atoms with Gasteiger partial charge in [-0.25, -0.2) is 22.4 Å². The molecule has 2 heterocycles. The van der Waals surface area contributed by atoms with Gasteiger partial charge in [-0.1, -0.05) is 23.8 Å². The summed E-state index contributed by atoms with van der Waals surface area (Å²) < 4.78 is 26.8. The van der Waals surface area contributed by atoms with Crippen molar-refractivity contribution in [2.24, 2.45) is 5.11 Å². The Bertz CT molecular complexity index is 1040. The van der Waals surface area contributed by atoms with Crippen molar-refractivity contribution >= 4 is 21.2 Å². The highest BCUT2D eigenvalue weighted by atomic mass is 32.2. The van der Waals surface area contributed by atoms with Crippen molar-refractivity contribution in [3.8, 4) is 0 Å². The SMILES string of the molecule is C=CCC(N=[NH2+])c1cnc2c(ccn2S(=O)(=O)c2ccc(C)cc2)n1. The largest absolute Gasteiger partial charge is 0.269 e. The smallest absolute Gasteiger partial charge is 0.245 e. The Labute approximate surface area is 145 Å². The molecule has 1 unspecified atom stereocenters. The van der Waals surface area contributed by atoms with Crippen molar-refractivity contribution < 1.29 is 13.9 Å². The average molecular weight is 356 g/mol. The van der Waals surface area contributed by atoms with Gasteiger partial charge in [-0.15, -0.1) is 6.58 Å². The lowest BCUT2D eigenvalue weighted by molar-refractivity contribution is -0.229. The van der Waals surface area contributed by atoms with Gasteiger partial charge < -0.3 is 0 Å². The molecule has 2 aromatic heterocycles. The van der Waals surface area contributed by atoms with E-state index in [1.54, 1.807) is 36.4 Å². The third-order valence-corrected chi connectivity index (χ3v) is 5.54. The Hall–Kier alpha value is -2.87. The van der Waals surface area contributed by atoms with E-state index >= 15 is 0 Å². The predicted molar refractivity (Wildman–Crippen MR) is 93.2 cm³/mol. The topological polar surface area (TPSA) is 103 Å². The summed E-state index contributed by atoms with van der Waals surface area (Å²) in [6, 6.07) is 7.92. The molecule has 7 nitrogen and oxygen atoms in total. The van der Waals surface area contributed by atoms with Crippen LogP contribution in [0.3, 0.4) is 0 Å². The molecular weight excluding hydrogens is 338 g/mol. The van der Waals surface area contributed by atoms with Gasteiger partial charge >= 0.3 is 0 Å². The molecule has 0 aliphatic rings. The second-order valence-corrected chi connectivity index (χ2v) is 7.44. The zero-order valence-corrected chi connectivity index (χ0v) is 14.5. The summed E-state index contributed by atoms with van der Waals surface area (Å²) in [5.74, 6) is 0. The van der Waals surface area contributed by atoms with Crippen molar-refractivity contribution in [2.75, 3.05) is 0 Å². The highest BCUT2D eigenvalue weighted by molar-refractivity contribution is 7.90. The van der Waals surface area contributed by atoms with Crippen LogP contribution in [0.4, 0.5) is 0 Å². The second-order valence-electron chi connectivity index (χ2n) is 5.62. The van der Waals surface area contributed by atoms with Crippen LogP contribution in [0.1, 0.15) is 23.7 Å². The van der Waals surface area contributed by atoms with Gasteiger partial charge in [-0.05, 0) is 36.7 Å². The van der Waals surface area contributed by atoms with E-state index in [-0.39, 0.29) is 16.6 Å². The van der Waals surface area contributed by atoms with Crippen LogP contribution in [0.15, 0.2) is 65.4 Å². The van der Waals surface area contributed by atoms with E-state index in [1.807, 2.05) is 6.92 Å². The maximum Gasteiger partial charge on any atom is 0.269 e. The number of rotatable bonds is 6. The van der Waals surface area contributed by atoms with E-state index in [0.29, 0.717) is 17.6 Å². The van der Waals surface area contributed by atoms with Gasteiger partial charge in [0.1, 0.15) is 5.52 Å². The first-order chi connectivity index (χ1) is 12.0. The lowest BCUT2D eigenvalue weighted by Crippen LogP contribution is -2.26. The molecule has 0 bridgehead atoms. The number of nitrogens with zero attached hydrogens (tertiary/aromatic N) is 4. The van der Waals surface area contributed by atoms with Crippen LogP contribution in [-0.2, 0) is 10.0 Å². The van der Waals surface area contributed by atoms with Crippen LogP contribution in [0.2, 0.25) is 0 Å². The average Bonchev–Trinajstić information content (AvgIpc) is 3.04. The van der Waals surface area contributed by atoms with E-state index < -0.39 is 10.0 Å². The van der Waals surface area contributed by atoms with Crippen molar-refractivity contribution in [2.45, 2.75) is 24.3 Å². The van der Waals surface area contributed by atoms with Gasteiger partial charge in [0.25, 0.3) is 10.0 Å². The first-order valence-corrected chi connectivity index (χ1v) is 9.08. The molecule has 0 spiro atoms. The zero-order chi connectivity index (χ0) is 18.0. The maximum absolute atomic E-state index is 12.8. The van der Waals surface area contributed by atoms with Crippen LogP contribution >= 0.6 is 0 Å². The molecule has 1 aromatic carbocycles. The molecule has 0 saturated carbocycles. The maximum atomic E-state index is 12.8. The fraction of sp³-hybridized carbons (Fsp3) is 0.176. The Morgan fingerprint density at radius 3 is 2.68 bits per heavy atom. The predicted octanol–water partition coefficient (Wildman–Crippen LogP) is 1.81. The molecule has 0 amide bonds. The minimum absolute atomic E-state index is 0.197. The summed E-state index contributed by atoms with van der Waals surface area (Å²) >= 11 is 0. The number of aryl methyl sites for hydroxylation is 1. The van der Waals surface area contributed by atoms with Gasteiger partial charge in [0, 0.05) is 6.20 Å². The molecule has 0 aliphatic carbocycles. The fourth-order valence-electron chi connectivity index (χ4n) is 2.50. The Kier molecular flexibility index (Phi) is 4.45. The summed E-state index contributed by atoms with van der Waals surface area (Å²) in [6.07, 6.45) is 5.17. The standard InChI is InChI=1S/C17H17N5O2S/c1-3-4-14(21-18)16-11-19-17-15(20-16)9-10-22(17)25(23,24)13-7-5-12(2)6-8-13/h3,5-11,14,18H,1,4H2,2H3/p+1. The molecule has 3 rings (SSSR count). The summed E-state index contributed by atoms with van der Waals surface area (Å²) in [6.45, 7) is 5.56. The van der Waals surface area contributed by atoms with E-state index in [1.165, 1.54) is 12.4 Å². The molecular formula is C17H18N5O2S+. The molecule has 1 atom stereocenters. The van der Waals surface area contributed by atoms with Crippen LogP contribution in [0, 0.1) is 6.92 Å². The van der Waals surface area contributed by atoms with Crippen LogP contribution < -0.4 is 5.53 Å². The summed E-state index contributed by atoms with van der Waals surface area (Å²) in [5.41, 5.74) is 7.69. The van der Waals surface area contributed by atoms with E-state index in [2.05, 4.69) is 21.7 Å². The number of hydrogen-bond donors (Lipinski definition) is 1. The minimum atomic E-state index is -3.74. The van der Waals surface area contributed by atoms with Gasteiger partial charge in [0.2, 0.25) is 0 Å². The Balaban J connectivity index is 2.08. The number of fused-ring (bicyclic) bond motifs is 1. The zero-order valence-electron chi connectivity index (χ0n) is 13.7. The fourth-order valence-corrected chi connectivity index (χ4v) is 3.79. The van der Waals surface area contributed by atoms with E-state index in [0.717, 1.165) is 9.54 Å². The molecule has 0 saturated heterocycles. The van der Waals surface area contributed by atoms with E-state index in [9.17, 15) is 8.42 Å². The number of aromatic nitrogens is 3. The molecule has 25 heavy (non-hydrogen) atoms. The van der Waals surface area contributed by atoms with Crippen molar-refractivity contribution in [3.63, 3.8) is 0 Å². The van der Waals surface area contributed by atoms with Crippen LogP contribution in [0.25, 0.3) is 11.2 Å². The van der Waals surface area contributed by atoms with Crippen molar-refractivity contribution in [3.05, 3.63) is 66.6 Å². The normalized spacial score (nSPS) is 12.8. The van der Waals surface area contributed by atoms with Gasteiger partial charge in [0.15, 0.2) is 11.7 Å². The Morgan fingerprint density at radius 1 is 1.32 bits per heavy atom. The first-order valence-electron chi connectivity index (χ1n) is 7.64. The monoisotopic (exact) mass is 356 g/mol. The van der Waals surface area contributed by atoms with Gasteiger partial charge in [-0.3, -0.25) is 0 Å². The summed E-state index contributed by atoms with van der Waals surface area (Å²) in [7, 11) is -3.74. The van der Waals surface area contributed by atoms with E-state index in [4.69, 9.17) is 5.53 Å². The highest BCUT2D eigenvalue weighted by Crippen LogP contribution is 2.23. The van der Waals surface area contributed by atoms with Gasteiger partial charge in [-0.2, -0.15) is 5.53 Å². The number of benzene rings is 1. The molecule has 8 heteroatoms. The van der Waals surface area contributed by atoms with Crippen molar-refractivity contribution in [1.82, 2.24) is 13.9 Å². The van der Waals surface area contributed by atoms with Crippen LogP contribution in [0.5, 0.6) is 0 Å². The molecule has 2 N–H and O–H groups in total. The van der Waals surface area contributed by atoms with Crippen molar-refractivity contribution in [1.29, 1.82) is 0 Å². The molecule has 3 aromatic rings. The first kappa shape index (κ1) is 17.0. The number of hydrogen-bond acceptors (Lipinski definition) is 5. The lowest BCUT2D eigenvalue weighted by Gasteiger charge is -2.08. The Morgan fingerprint density at radius 2 is 2.04 bits per heavy atom. The lowest BCUT2D eigenvalue weighted by atomic mass is 10.1. The highest BCUT2D eigenvalue weighted by Gasteiger charge is 2.21. The van der Waals surface area contributed by atoms with Gasteiger partial charge in [0.05, 0.1) is 16.8 Å². The summed E-state index contributed by atoms with van der Waals surface area (Å²) in [4.78, 5) is 8.91. The minimum Gasteiger partial charge on any atom is -0.245 e. The second kappa shape index (κ2) is 6.56. The quantitative estimate of drug-likeness (QED) is 0.537. The van der Waals surface area contributed by atoms with Crippen LogP contribution in [-0.4, -0.2) is 22.4 Å². The summed E-state index contributed by atoms with van der Waals surface area (Å²) in [5, 5.41) is 3.77. The molecule has 0 fully saturated rings. The molecule has 0 aliphatic heterocycles. The number of nitrogens with two attached hydrogens (primary N) is 1. The molecule has 128 valence electrons.